The van der Waals surface area contributed by atoms with Crippen molar-refractivity contribution in [3.05, 3.63) is 50.5 Å². The molecule has 11 heteroatoms. The van der Waals surface area contributed by atoms with E-state index in [0.29, 0.717) is 5.56 Å². The van der Waals surface area contributed by atoms with Crippen molar-refractivity contribution >= 4 is 29.3 Å². The fourth-order valence-electron chi connectivity index (χ4n) is 5.25. The van der Waals surface area contributed by atoms with Gasteiger partial charge in [-0.3, -0.25) is 24.7 Å². The van der Waals surface area contributed by atoms with Crippen molar-refractivity contribution < 1.29 is 29.5 Å². The average molecular weight is 492 g/mol. The number of esters is 1. The van der Waals surface area contributed by atoms with Gasteiger partial charge in [-0.2, -0.15) is 0 Å². The number of benzene rings is 1. The molecule has 1 aromatic rings. The van der Waals surface area contributed by atoms with Crippen LogP contribution in [-0.4, -0.2) is 79.9 Å². The van der Waals surface area contributed by atoms with E-state index in [1.165, 1.54) is 40.9 Å². The van der Waals surface area contributed by atoms with Gasteiger partial charge in [0.25, 0.3) is 5.69 Å². The number of aliphatic hydroxyl groups excluding tert-OH is 2. The summed E-state index contributed by atoms with van der Waals surface area (Å²) in [5.41, 5.74) is -0.176. The van der Waals surface area contributed by atoms with Crippen LogP contribution in [-0.2, 0) is 20.9 Å². The summed E-state index contributed by atoms with van der Waals surface area (Å²) < 4.78 is 5.54. The highest BCUT2D eigenvalue weighted by Crippen LogP contribution is 2.57. The third-order valence-corrected chi connectivity index (χ3v) is 8.76. The SMILES string of the molecule is CC(O)[C@@]12CC(=O)N1C(C(=O)OCc1ccc([N+](=O)[O-])cc1)=C(SC1CC(CO)N(C)C1)[C@H]2C. The molecule has 0 bridgehead atoms. The lowest BCUT2D eigenvalue weighted by molar-refractivity contribution is -0.384. The van der Waals surface area contributed by atoms with Crippen molar-refractivity contribution in [3.8, 4) is 0 Å². The van der Waals surface area contributed by atoms with Crippen LogP contribution < -0.4 is 0 Å². The first kappa shape index (κ1) is 24.6. The van der Waals surface area contributed by atoms with Crippen LogP contribution in [0.25, 0.3) is 0 Å². The summed E-state index contributed by atoms with van der Waals surface area (Å²) in [4.78, 5) is 40.5. The Labute approximate surface area is 201 Å². The number of hydrogen-bond acceptors (Lipinski definition) is 9. The minimum atomic E-state index is -0.873. The number of hydrogen-bond donors (Lipinski definition) is 2. The molecule has 3 unspecified atom stereocenters. The molecule has 0 radical (unpaired) electrons. The van der Waals surface area contributed by atoms with Gasteiger partial charge in [-0.05, 0) is 38.1 Å². The zero-order valence-electron chi connectivity index (χ0n) is 19.3. The van der Waals surface area contributed by atoms with Crippen LogP contribution in [0.3, 0.4) is 0 Å². The zero-order valence-corrected chi connectivity index (χ0v) is 20.2. The van der Waals surface area contributed by atoms with Crippen molar-refractivity contribution in [1.82, 2.24) is 9.80 Å². The molecule has 2 fully saturated rings. The number of likely N-dealkylation sites (N-methyl/N-ethyl adjacent to an activating group) is 1. The minimum Gasteiger partial charge on any atom is -0.456 e. The van der Waals surface area contributed by atoms with Crippen LogP contribution in [0.15, 0.2) is 34.9 Å². The Bertz CT molecular complexity index is 1030. The highest BCUT2D eigenvalue weighted by atomic mass is 32.2. The Hall–Kier alpha value is -2.47. The molecular weight excluding hydrogens is 462 g/mol. The minimum absolute atomic E-state index is 0.0386. The first-order valence-corrected chi connectivity index (χ1v) is 12.1. The molecule has 1 aromatic carbocycles. The van der Waals surface area contributed by atoms with Gasteiger partial charge in [0.05, 0.1) is 29.6 Å². The molecule has 5 atom stereocenters. The van der Waals surface area contributed by atoms with E-state index >= 15 is 0 Å². The van der Waals surface area contributed by atoms with Gasteiger partial charge in [0, 0.05) is 40.8 Å². The van der Waals surface area contributed by atoms with Gasteiger partial charge in [0.2, 0.25) is 5.91 Å². The number of β-lactam (4-membered cyclic amide) rings is 1. The van der Waals surface area contributed by atoms with Gasteiger partial charge in [-0.25, -0.2) is 4.79 Å². The van der Waals surface area contributed by atoms with Gasteiger partial charge in [0.15, 0.2) is 0 Å². The number of likely N-dealkylation sites (tertiary alicyclic amines) is 1. The Morgan fingerprint density at radius 3 is 2.59 bits per heavy atom. The van der Waals surface area contributed by atoms with E-state index in [4.69, 9.17) is 4.74 Å². The number of amides is 1. The molecule has 0 spiro atoms. The maximum Gasteiger partial charge on any atom is 0.356 e. The number of thioether (sulfide) groups is 1. The van der Waals surface area contributed by atoms with Crippen molar-refractivity contribution in [2.24, 2.45) is 5.92 Å². The molecule has 10 nitrogen and oxygen atoms in total. The Morgan fingerprint density at radius 2 is 2.06 bits per heavy atom. The average Bonchev–Trinajstić information content (AvgIpc) is 3.25. The molecule has 34 heavy (non-hydrogen) atoms. The molecule has 0 saturated carbocycles. The molecule has 1 amide bonds. The molecule has 0 aliphatic carbocycles. The van der Waals surface area contributed by atoms with E-state index in [1.54, 1.807) is 6.92 Å². The summed E-state index contributed by atoms with van der Waals surface area (Å²) in [5, 5.41) is 31.2. The van der Waals surface area contributed by atoms with E-state index in [-0.39, 0.29) is 54.1 Å². The monoisotopic (exact) mass is 491 g/mol. The summed E-state index contributed by atoms with van der Waals surface area (Å²) in [6.07, 6.45) is 0.0558. The molecule has 3 aliphatic rings. The highest BCUT2D eigenvalue weighted by Gasteiger charge is 2.65. The molecule has 4 rings (SSSR count). The zero-order chi connectivity index (χ0) is 24.8. The van der Waals surface area contributed by atoms with Gasteiger partial charge in [-0.1, -0.05) is 6.92 Å². The standard InChI is InChI=1S/C23H29N3O7S/c1-13-21(34-18-8-17(11-27)24(3)10-18)20(25-19(29)9-23(13,25)14(2)28)22(30)33-12-15-4-6-16(7-5-15)26(31)32/h4-7,13-14,17-18,27-28H,8-12H2,1-3H3/t13-,14?,17?,18?,23+/m1/s1. The number of ether oxygens (including phenoxy) is 1. The fraction of sp³-hybridized carbons (Fsp3) is 0.565. The lowest BCUT2D eigenvalue weighted by Crippen LogP contribution is -2.68. The summed E-state index contributed by atoms with van der Waals surface area (Å²) in [7, 11) is 1.95. The van der Waals surface area contributed by atoms with Crippen molar-refractivity contribution in [3.63, 3.8) is 0 Å². The van der Waals surface area contributed by atoms with Crippen molar-refractivity contribution in [1.29, 1.82) is 0 Å². The van der Waals surface area contributed by atoms with Gasteiger partial charge < -0.3 is 14.9 Å². The first-order valence-electron chi connectivity index (χ1n) is 11.2. The van der Waals surface area contributed by atoms with Gasteiger partial charge in [0.1, 0.15) is 12.3 Å². The van der Waals surface area contributed by atoms with E-state index in [0.717, 1.165) is 17.9 Å². The number of nitro benzene ring substituents is 1. The lowest BCUT2D eigenvalue weighted by Gasteiger charge is -2.52. The normalized spacial score (nSPS) is 29.7. The molecule has 184 valence electrons. The van der Waals surface area contributed by atoms with Crippen LogP contribution in [0.4, 0.5) is 5.69 Å². The maximum absolute atomic E-state index is 13.3. The van der Waals surface area contributed by atoms with Crippen LogP contribution in [0.1, 0.15) is 32.3 Å². The second-order valence-corrected chi connectivity index (χ2v) is 10.6. The van der Waals surface area contributed by atoms with Crippen LogP contribution in [0.2, 0.25) is 0 Å². The Morgan fingerprint density at radius 1 is 1.38 bits per heavy atom. The predicted molar refractivity (Wildman–Crippen MR) is 124 cm³/mol. The van der Waals surface area contributed by atoms with Gasteiger partial charge in [-0.15, -0.1) is 11.8 Å². The Balaban J connectivity index is 1.58. The quantitative estimate of drug-likeness (QED) is 0.241. The molecule has 3 aliphatic heterocycles. The largest absolute Gasteiger partial charge is 0.456 e. The second kappa shape index (κ2) is 9.29. The van der Waals surface area contributed by atoms with Crippen molar-refractivity contribution in [2.75, 3.05) is 20.2 Å². The third kappa shape index (κ3) is 4.00. The number of carbonyl (C=O) groups excluding carboxylic acids is 2. The number of nitrogens with zero attached hydrogens (tertiary/aromatic N) is 3. The van der Waals surface area contributed by atoms with Crippen molar-refractivity contribution in [2.45, 2.75) is 56.2 Å². The topological polar surface area (TPSA) is 133 Å². The molecule has 2 saturated heterocycles. The van der Waals surface area contributed by atoms with Gasteiger partial charge >= 0.3 is 5.97 Å². The van der Waals surface area contributed by atoms with Crippen LogP contribution >= 0.6 is 11.8 Å². The van der Waals surface area contributed by atoms with E-state index in [1.807, 2.05) is 14.0 Å². The van der Waals surface area contributed by atoms with E-state index < -0.39 is 22.5 Å². The summed E-state index contributed by atoms with van der Waals surface area (Å²) in [6.45, 7) is 4.23. The number of fused-ring (bicyclic) bond motifs is 1. The number of rotatable bonds is 8. The summed E-state index contributed by atoms with van der Waals surface area (Å²) in [6, 6.07) is 5.76. The smallest absolute Gasteiger partial charge is 0.356 e. The Kier molecular flexibility index (Phi) is 6.74. The highest BCUT2D eigenvalue weighted by molar-refractivity contribution is 8.03. The number of nitro groups is 1. The second-order valence-electron chi connectivity index (χ2n) is 9.26. The summed E-state index contributed by atoms with van der Waals surface area (Å²) in [5.74, 6) is -1.15. The predicted octanol–water partition coefficient (Wildman–Crippen LogP) is 1.65. The summed E-state index contributed by atoms with van der Waals surface area (Å²) >= 11 is 1.52. The first-order chi connectivity index (χ1) is 16.1. The number of aliphatic hydroxyl groups is 2. The van der Waals surface area contributed by atoms with E-state index in [9.17, 15) is 29.9 Å². The number of carbonyl (C=O) groups is 2. The maximum atomic E-state index is 13.3. The molecule has 2 N–H and O–H groups in total. The number of non-ortho nitro benzene ring substituents is 1. The van der Waals surface area contributed by atoms with E-state index in [2.05, 4.69) is 4.90 Å². The fourth-order valence-corrected chi connectivity index (χ4v) is 6.93. The lowest BCUT2D eigenvalue weighted by atomic mass is 9.73. The van der Waals surface area contributed by atoms with Crippen LogP contribution in [0.5, 0.6) is 0 Å². The van der Waals surface area contributed by atoms with Crippen LogP contribution in [0, 0.1) is 16.0 Å². The molecule has 3 heterocycles. The third-order valence-electron chi connectivity index (χ3n) is 7.29. The molecular formula is C23H29N3O7S. The molecule has 0 aromatic heterocycles.